The minimum absolute atomic E-state index is 0.0380. The van der Waals surface area contributed by atoms with Crippen LogP contribution in [-0.2, 0) is 10.1 Å². The van der Waals surface area contributed by atoms with E-state index in [4.69, 9.17) is 13.7 Å². The van der Waals surface area contributed by atoms with Gasteiger partial charge >= 0.3 is 10.1 Å². The van der Waals surface area contributed by atoms with Gasteiger partial charge in [0.05, 0.1) is 14.2 Å². The highest BCUT2D eigenvalue weighted by molar-refractivity contribution is 9.10. The topological polar surface area (TPSA) is 61.8 Å². The Bertz CT molecular complexity index is 729. The Hall–Kier alpha value is -1.73. The summed E-state index contributed by atoms with van der Waals surface area (Å²) in [6, 6.07) is 11.1. The average molecular weight is 373 g/mol. The van der Waals surface area contributed by atoms with Crippen LogP contribution < -0.4 is 13.7 Å². The Morgan fingerprint density at radius 2 is 1.52 bits per heavy atom. The first kappa shape index (κ1) is 15.7. The van der Waals surface area contributed by atoms with E-state index in [2.05, 4.69) is 15.9 Å². The van der Waals surface area contributed by atoms with E-state index in [0.29, 0.717) is 16.0 Å². The number of hydrogen-bond donors (Lipinski definition) is 0. The van der Waals surface area contributed by atoms with Gasteiger partial charge in [-0.2, -0.15) is 8.42 Å². The first-order chi connectivity index (χ1) is 9.97. The highest BCUT2D eigenvalue weighted by atomic mass is 79.9. The highest BCUT2D eigenvalue weighted by Gasteiger charge is 2.23. The van der Waals surface area contributed by atoms with Gasteiger partial charge in [-0.05, 0) is 34.1 Å². The lowest BCUT2D eigenvalue weighted by atomic mass is 10.3. The zero-order valence-corrected chi connectivity index (χ0v) is 13.8. The Kier molecular flexibility index (Phi) is 4.74. The van der Waals surface area contributed by atoms with Gasteiger partial charge in [0, 0.05) is 10.5 Å². The molecular formula is C14H13BrO5S. The standard InChI is InChI=1S/C14H13BrO5S/c1-18-12-8-11(15)14(9-13(12)19-2)21(16,17)20-10-6-4-3-5-7-10/h3-9H,1-2H3. The summed E-state index contributed by atoms with van der Waals surface area (Å²) >= 11 is 3.21. The lowest BCUT2D eigenvalue weighted by Crippen LogP contribution is -2.11. The van der Waals surface area contributed by atoms with Crippen molar-refractivity contribution in [1.29, 1.82) is 0 Å². The molecule has 0 aliphatic carbocycles. The minimum Gasteiger partial charge on any atom is -0.493 e. The molecule has 2 rings (SSSR count). The van der Waals surface area contributed by atoms with Crippen molar-refractivity contribution in [3.8, 4) is 17.2 Å². The summed E-state index contributed by atoms with van der Waals surface area (Å²) in [7, 11) is -1.08. The Balaban J connectivity index is 2.45. The van der Waals surface area contributed by atoms with E-state index in [1.165, 1.54) is 26.4 Å². The van der Waals surface area contributed by atoms with Crippen molar-refractivity contribution >= 4 is 26.0 Å². The van der Waals surface area contributed by atoms with Crippen molar-refractivity contribution in [2.24, 2.45) is 0 Å². The molecule has 0 fully saturated rings. The molecule has 0 aliphatic heterocycles. The molecule has 21 heavy (non-hydrogen) atoms. The summed E-state index contributed by atoms with van der Waals surface area (Å²) in [6.07, 6.45) is 0. The fourth-order valence-electron chi connectivity index (χ4n) is 1.67. The van der Waals surface area contributed by atoms with Gasteiger partial charge in [0.1, 0.15) is 10.6 Å². The van der Waals surface area contributed by atoms with E-state index in [-0.39, 0.29) is 10.6 Å². The maximum atomic E-state index is 12.3. The van der Waals surface area contributed by atoms with Crippen LogP contribution in [0.5, 0.6) is 17.2 Å². The number of halogens is 1. The number of methoxy groups -OCH3 is 2. The molecule has 112 valence electrons. The molecule has 7 heteroatoms. The van der Waals surface area contributed by atoms with Crippen LogP contribution in [0.4, 0.5) is 0 Å². The van der Waals surface area contributed by atoms with Crippen LogP contribution in [0.25, 0.3) is 0 Å². The normalized spacial score (nSPS) is 11.0. The second-order valence-corrected chi connectivity index (χ2v) is 6.36. The van der Waals surface area contributed by atoms with Gasteiger partial charge in [-0.1, -0.05) is 18.2 Å². The summed E-state index contributed by atoms with van der Waals surface area (Å²) in [6.45, 7) is 0. The third-order valence-electron chi connectivity index (χ3n) is 2.66. The molecule has 0 aromatic heterocycles. The minimum atomic E-state index is -3.98. The molecule has 2 aromatic rings. The third-order valence-corrected chi connectivity index (χ3v) is 4.86. The van der Waals surface area contributed by atoms with Gasteiger partial charge in [0.15, 0.2) is 11.5 Å². The zero-order valence-electron chi connectivity index (χ0n) is 11.4. The van der Waals surface area contributed by atoms with E-state index >= 15 is 0 Å². The highest BCUT2D eigenvalue weighted by Crippen LogP contribution is 2.36. The summed E-state index contributed by atoms with van der Waals surface area (Å²) in [5, 5.41) is 0. The van der Waals surface area contributed by atoms with Gasteiger partial charge in [0.2, 0.25) is 0 Å². The Labute approximate surface area is 131 Å². The second kappa shape index (κ2) is 6.36. The molecule has 0 heterocycles. The monoisotopic (exact) mass is 372 g/mol. The van der Waals surface area contributed by atoms with Crippen LogP contribution >= 0.6 is 15.9 Å². The number of benzene rings is 2. The molecule has 0 radical (unpaired) electrons. The molecule has 0 spiro atoms. The average Bonchev–Trinajstić information content (AvgIpc) is 2.47. The van der Waals surface area contributed by atoms with E-state index < -0.39 is 10.1 Å². The lowest BCUT2D eigenvalue weighted by molar-refractivity contribution is 0.353. The molecular weight excluding hydrogens is 360 g/mol. The van der Waals surface area contributed by atoms with Crippen LogP contribution in [0.2, 0.25) is 0 Å². The van der Waals surface area contributed by atoms with E-state index in [1.807, 2.05) is 0 Å². The van der Waals surface area contributed by atoms with Gasteiger partial charge in [-0.15, -0.1) is 0 Å². The molecule has 0 aliphatic rings. The fourth-order valence-corrected chi connectivity index (χ4v) is 3.60. The largest absolute Gasteiger partial charge is 0.493 e. The van der Waals surface area contributed by atoms with E-state index in [9.17, 15) is 8.42 Å². The molecule has 0 amide bonds. The number of ether oxygens (including phenoxy) is 2. The third kappa shape index (κ3) is 3.48. The second-order valence-electron chi connectivity index (χ2n) is 3.99. The van der Waals surface area contributed by atoms with Crippen molar-refractivity contribution < 1.29 is 22.1 Å². The quantitative estimate of drug-likeness (QED) is 0.753. The van der Waals surface area contributed by atoms with Crippen molar-refractivity contribution in [2.75, 3.05) is 14.2 Å². The predicted molar refractivity (Wildman–Crippen MR) is 81.5 cm³/mol. The molecule has 0 unspecified atom stereocenters. The van der Waals surface area contributed by atoms with Crippen LogP contribution in [0, 0.1) is 0 Å². The number of rotatable bonds is 5. The molecule has 0 atom stereocenters. The Morgan fingerprint density at radius 3 is 2.10 bits per heavy atom. The molecule has 0 bridgehead atoms. The van der Waals surface area contributed by atoms with Crippen LogP contribution in [0.1, 0.15) is 0 Å². The van der Waals surface area contributed by atoms with Gasteiger partial charge < -0.3 is 13.7 Å². The predicted octanol–water partition coefficient (Wildman–Crippen LogP) is 3.23. The molecule has 0 saturated heterocycles. The van der Waals surface area contributed by atoms with Crippen LogP contribution in [0.15, 0.2) is 51.8 Å². The van der Waals surface area contributed by atoms with E-state index in [1.54, 1.807) is 30.3 Å². The Morgan fingerprint density at radius 1 is 0.952 bits per heavy atom. The molecule has 0 N–H and O–H groups in total. The number of hydrogen-bond acceptors (Lipinski definition) is 5. The van der Waals surface area contributed by atoms with Crippen molar-refractivity contribution in [1.82, 2.24) is 0 Å². The van der Waals surface area contributed by atoms with Crippen LogP contribution in [0.3, 0.4) is 0 Å². The zero-order chi connectivity index (χ0) is 15.5. The van der Waals surface area contributed by atoms with Crippen LogP contribution in [-0.4, -0.2) is 22.6 Å². The summed E-state index contributed by atoms with van der Waals surface area (Å²) in [5.74, 6) is 0.957. The summed E-state index contributed by atoms with van der Waals surface area (Å²) in [5.41, 5.74) is 0. The van der Waals surface area contributed by atoms with Gasteiger partial charge in [-0.25, -0.2) is 0 Å². The van der Waals surface area contributed by atoms with Gasteiger partial charge in [-0.3, -0.25) is 0 Å². The van der Waals surface area contributed by atoms with Crippen molar-refractivity contribution in [3.63, 3.8) is 0 Å². The maximum absolute atomic E-state index is 12.3. The van der Waals surface area contributed by atoms with Gasteiger partial charge in [0.25, 0.3) is 0 Å². The van der Waals surface area contributed by atoms with E-state index in [0.717, 1.165) is 0 Å². The van der Waals surface area contributed by atoms with Crippen molar-refractivity contribution in [2.45, 2.75) is 4.90 Å². The first-order valence-electron chi connectivity index (χ1n) is 5.89. The fraction of sp³-hybridized carbons (Fsp3) is 0.143. The maximum Gasteiger partial charge on any atom is 0.340 e. The summed E-state index contributed by atoms with van der Waals surface area (Å²) in [4.78, 5) is -0.0380. The smallest absolute Gasteiger partial charge is 0.340 e. The SMILES string of the molecule is COc1cc(Br)c(S(=O)(=O)Oc2ccccc2)cc1OC. The first-order valence-corrected chi connectivity index (χ1v) is 8.09. The lowest BCUT2D eigenvalue weighted by Gasteiger charge is -2.12. The molecule has 2 aromatic carbocycles. The molecule has 0 saturated carbocycles. The molecule has 5 nitrogen and oxygen atoms in total. The summed E-state index contributed by atoms with van der Waals surface area (Å²) < 4.78 is 40.3. The van der Waals surface area contributed by atoms with Crippen molar-refractivity contribution in [3.05, 3.63) is 46.9 Å². The number of para-hydroxylation sites is 1.